The molecule has 3 heterocycles. The van der Waals surface area contributed by atoms with E-state index in [1.54, 1.807) is 6.07 Å². The Hall–Kier alpha value is -3.41. The summed E-state index contributed by atoms with van der Waals surface area (Å²) < 4.78 is 27.1. The van der Waals surface area contributed by atoms with E-state index in [4.69, 9.17) is 5.26 Å². The average molecular weight is 422 g/mol. The molecule has 158 valence electrons. The molecule has 5 rings (SSSR count). The highest BCUT2D eigenvalue weighted by molar-refractivity contribution is 6.02. The molecule has 1 saturated heterocycles. The predicted octanol–water partition coefficient (Wildman–Crippen LogP) is 2.87. The van der Waals surface area contributed by atoms with E-state index in [1.807, 2.05) is 6.07 Å². The molecular formula is C22H20F2N6O. The number of hydrogen-bond donors (Lipinski definition) is 0. The number of aromatic nitrogens is 2. The summed E-state index contributed by atoms with van der Waals surface area (Å²) in [6.07, 6.45) is 4.44. The maximum atomic E-state index is 13.6. The Bertz CT molecular complexity index is 1100. The van der Waals surface area contributed by atoms with E-state index in [0.29, 0.717) is 55.3 Å². The molecule has 7 nitrogen and oxygen atoms in total. The average Bonchev–Trinajstić information content (AvgIpc) is 3.34. The molecule has 1 unspecified atom stereocenters. The number of carbonyl (C=O) groups is 1. The van der Waals surface area contributed by atoms with E-state index in [2.05, 4.69) is 20.0 Å². The minimum Gasteiger partial charge on any atom is -0.356 e. The van der Waals surface area contributed by atoms with Crippen molar-refractivity contribution in [2.45, 2.75) is 25.7 Å². The van der Waals surface area contributed by atoms with Gasteiger partial charge in [-0.3, -0.25) is 4.79 Å². The van der Waals surface area contributed by atoms with Crippen LogP contribution in [-0.4, -0.2) is 46.2 Å². The minimum atomic E-state index is -0.656. The summed E-state index contributed by atoms with van der Waals surface area (Å²) >= 11 is 0. The van der Waals surface area contributed by atoms with Gasteiger partial charge in [-0.2, -0.15) is 10.4 Å². The Labute approximate surface area is 178 Å². The molecule has 1 aromatic carbocycles. The standard InChI is InChI=1S/C22H20F2N6O/c23-15-7-14(8-16(24)9-15)19-2-6-30(28-19)21(31)18-1-5-29(12-22(18)3-4-22)20-10-17(11-25)26-13-27-20/h7-10,13,18H,1-6,12H2. The normalized spacial score (nSPS) is 21.7. The molecule has 0 bridgehead atoms. The third-order valence-corrected chi connectivity index (χ3v) is 6.47. The van der Waals surface area contributed by atoms with Gasteiger partial charge in [-0.05, 0) is 36.8 Å². The van der Waals surface area contributed by atoms with Crippen LogP contribution < -0.4 is 4.90 Å². The number of hydrogen-bond acceptors (Lipinski definition) is 6. The molecule has 1 aromatic heterocycles. The van der Waals surface area contributed by atoms with Gasteiger partial charge in [0.25, 0.3) is 0 Å². The van der Waals surface area contributed by atoms with Gasteiger partial charge in [-0.1, -0.05) is 0 Å². The molecule has 1 spiro atoms. The third-order valence-electron chi connectivity index (χ3n) is 6.47. The van der Waals surface area contributed by atoms with Gasteiger partial charge in [0.2, 0.25) is 5.91 Å². The molecule has 1 amide bonds. The maximum absolute atomic E-state index is 13.6. The Morgan fingerprint density at radius 1 is 1.13 bits per heavy atom. The van der Waals surface area contributed by atoms with E-state index in [0.717, 1.165) is 18.9 Å². The number of anilines is 1. The van der Waals surface area contributed by atoms with Gasteiger partial charge < -0.3 is 4.90 Å². The first kappa shape index (κ1) is 19.5. The third kappa shape index (κ3) is 3.63. The Morgan fingerprint density at radius 3 is 2.61 bits per heavy atom. The summed E-state index contributed by atoms with van der Waals surface area (Å²) in [6, 6.07) is 7.02. The highest BCUT2D eigenvalue weighted by atomic mass is 19.1. The van der Waals surface area contributed by atoms with Gasteiger partial charge in [-0.15, -0.1) is 0 Å². The zero-order valence-corrected chi connectivity index (χ0v) is 16.8. The van der Waals surface area contributed by atoms with Crippen molar-refractivity contribution < 1.29 is 13.6 Å². The van der Waals surface area contributed by atoms with Crippen LogP contribution in [0.15, 0.2) is 35.7 Å². The number of piperidine rings is 1. The van der Waals surface area contributed by atoms with Crippen LogP contribution in [0.3, 0.4) is 0 Å². The van der Waals surface area contributed by atoms with E-state index in [-0.39, 0.29) is 17.2 Å². The second kappa shape index (κ2) is 7.38. The lowest BCUT2D eigenvalue weighted by Gasteiger charge is -2.39. The monoisotopic (exact) mass is 422 g/mol. The number of nitrogens with zero attached hydrogens (tertiary/aromatic N) is 6. The fourth-order valence-corrected chi connectivity index (χ4v) is 4.71. The quantitative estimate of drug-likeness (QED) is 0.759. The number of amides is 1. The van der Waals surface area contributed by atoms with Crippen molar-refractivity contribution in [2.24, 2.45) is 16.4 Å². The van der Waals surface area contributed by atoms with Gasteiger partial charge in [0, 0.05) is 43.1 Å². The summed E-state index contributed by atoms with van der Waals surface area (Å²) in [4.78, 5) is 23.6. The lowest BCUT2D eigenvalue weighted by molar-refractivity contribution is -0.138. The van der Waals surface area contributed by atoms with Crippen molar-refractivity contribution in [3.05, 3.63) is 53.5 Å². The molecule has 2 aliphatic heterocycles. The van der Waals surface area contributed by atoms with Crippen molar-refractivity contribution in [3.8, 4) is 6.07 Å². The molecule has 2 aromatic rings. The van der Waals surface area contributed by atoms with Gasteiger partial charge in [0.1, 0.15) is 35.5 Å². The van der Waals surface area contributed by atoms with E-state index in [9.17, 15) is 13.6 Å². The lowest BCUT2D eigenvalue weighted by Crippen LogP contribution is -2.48. The van der Waals surface area contributed by atoms with Crippen LogP contribution in [-0.2, 0) is 4.79 Å². The molecule has 0 radical (unpaired) electrons. The number of carbonyl (C=O) groups excluding carboxylic acids is 1. The Morgan fingerprint density at radius 2 is 1.90 bits per heavy atom. The van der Waals surface area contributed by atoms with Crippen LogP contribution in [0.1, 0.15) is 36.9 Å². The number of halogens is 2. The molecule has 2 fully saturated rings. The van der Waals surface area contributed by atoms with Crippen molar-refractivity contribution in [2.75, 3.05) is 24.5 Å². The van der Waals surface area contributed by atoms with E-state index < -0.39 is 11.6 Å². The van der Waals surface area contributed by atoms with Crippen molar-refractivity contribution >= 4 is 17.4 Å². The topological polar surface area (TPSA) is 85.5 Å². The Kier molecular flexibility index (Phi) is 4.65. The molecule has 3 aliphatic rings. The first-order valence-electron chi connectivity index (χ1n) is 10.3. The second-order valence-corrected chi connectivity index (χ2v) is 8.41. The molecule has 0 N–H and O–H groups in total. The molecular weight excluding hydrogens is 402 g/mol. The van der Waals surface area contributed by atoms with E-state index >= 15 is 0 Å². The smallest absolute Gasteiger partial charge is 0.246 e. The van der Waals surface area contributed by atoms with Gasteiger partial charge >= 0.3 is 0 Å². The van der Waals surface area contributed by atoms with Gasteiger partial charge in [-0.25, -0.2) is 23.8 Å². The SMILES string of the molecule is N#Cc1cc(N2CCC(C(=O)N3CCC(c4cc(F)cc(F)c4)=N3)C3(CC3)C2)ncn1. The van der Waals surface area contributed by atoms with Crippen molar-refractivity contribution in [1.82, 2.24) is 15.0 Å². The van der Waals surface area contributed by atoms with E-state index in [1.165, 1.54) is 23.5 Å². The van der Waals surface area contributed by atoms with Crippen LogP contribution in [0.25, 0.3) is 0 Å². The zero-order valence-electron chi connectivity index (χ0n) is 16.8. The number of hydrazone groups is 1. The fourth-order valence-electron chi connectivity index (χ4n) is 4.71. The molecule has 1 saturated carbocycles. The van der Waals surface area contributed by atoms with Crippen LogP contribution in [0.2, 0.25) is 0 Å². The molecule has 9 heteroatoms. The van der Waals surface area contributed by atoms with Crippen LogP contribution in [0.5, 0.6) is 0 Å². The predicted molar refractivity (Wildman–Crippen MR) is 108 cm³/mol. The first-order chi connectivity index (χ1) is 15.0. The molecule has 1 atom stereocenters. The minimum absolute atomic E-state index is 0.0237. The van der Waals surface area contributed by atoms with Crippen LogP contribution in [0, 0.1) is 34.3 Å². The summed E-state index contributed by atoms with van der Waals surface area (Å²) in [5.41, 5.74) is 1.11. The number of benzene rings is 1. The number of nitriles is 1. The molecule has 31 heavy (non-hydrogen) atoms. The van der Waals surface area contributed by atoms with Crippen LogP contribution in [0.4, 0.5) is 14.6 Å². The Balaban J connectivity index is 1.32. The highest BCUT2D eigenvalue weighted by Crippen LogP contribution is 2.56. The fraction of sp³-hybridized carbons (Fsp3) is 0.409. The van der Waals surface area contributed by atoms with Crippen molar-refractivity contribution in [3.63, 3.8) is 0 Å². The first-order valence-corrected chi connectivity index (χ1v) is 10.3. The van der Waals surface area contributed by atoms with Crippen molar-refractivity contribution in [1.29, 1.82) is 5.26 Å². The summed E-state index contributed by atoms with van der Waals surface area (Å²) in [5, 5.41) is 15.0. The summed E-state index contributed by atoms with van der Waals surface area (Å²) in [5.74, 6) is -0.775. The number of rotatable bonds is 3. The van der Waals surface area contributed by atoms with Gasteiger partial charge in [0.05, 0.1) is 12.3 Å². The zero-order chi connectivity index (χ0) is 21.6. The van der Waals surface area contributed by atoms with Crippen LogP contribution >= 0.6 is 0 Å². The lowest BCUT2D eigenvalue weighted by atomic mass is 9.81. The molecule has 1 aliphatic carbocycles. The largest absolute Gasteiger partial charge is 0.356 e. The van der Waals surface area contributed by atoms with Gasteiger partial charge in [0.15, 0.2) is 0 Å². The summed E-state index contributed by atoms with van der Waals surface area (Å²) in [7, 11) is 0. The maximum Gasteiger partial charge on any atom is 0.246 e. The highest BCUT2D eigenvalue weighted by Gasteiger charge is 2.56. The summed E-state index contributed by atoms with van der Waals surface area (Å²) in [6.45, 7) is 1.77. The second-order valence-electron chi connectivity index (χ2n) is 8.41.